The van der Waals surface area contributed by atoms with Gasteiger partial charge in [-0.1, -0.05) is 6.92 Å². The number of hydrogen-bond acceptors (Lipinski definition) is 2. The monoisotopic (exact) mass is 362 g/mol. The molecule has 17 heavy (non-hydrogen) atoms. The Bertz CT molecular complexity index is 410. The first-order valence-corrected chi connectivity index (χ1v) is 6.93. The summed E-state index contributed by atoms with van der Waals surface area (Å²) >= 11 is 6.87. The van der Waals surface area contributed by atoms with Crippen molar-refractivity contribution in [2.45, 2.75) is 26.8 Å². The molecule has 0 bridgehead atoms. The smallest absolute Gasteiger partial charge is 0.228 e. The van der Waals surface area contributed by atoms with E-state index in [2.05, 4.69) is 37.2 Å². The van der Waals surface area contributed by atoms with Crippen molar-refractivity contribution in [3.05, 3.63) is 26.6 Å². The van der Waals surface area contributed by atoms with Crippen LogP contribution in [0.25, 0.3) is 0 Å². The second-order valence-corrected chi connectivity index (χ2v) is 5.95. The average molecular weight is 364 g/mol. The maximum Gasteiger partial charge on any atom is 0.228 e. The first kappa shape index (κ1) is 14.7. The SMILES string of the molecule is Cc1cc(Br)c(NC(=O)C(C)C(C)N)c(Br)c1. The molecular formula is C12H16Br2N2O. The highest BCUT2D eigenvalue weighted by Gasteiger charge is 2.19. The summed E-state index contributed by atoms with van der Waals surface area (Å²) in [6.07, 6.45) is 0. The Morgan fingerprint density at radius 2 is 1.76 bits per heavy atom. The normalized spacial score (nSPS) is 14.2. The minimum Gasteiger partial charge on any atom is -0.327 e. The lowest BCUT2D eigenvalue weighted by molar-refractivity contribution is -0.119. The Kier molecular flexibility index (Phi) is 5.16. The first-order chi connectivity index (χ1) is 7.82. The van der Waals surface area contributed by atoms with E-state index >= 15 is 0 Å². The molecule has 0 aromatic heterocycles. The molecule has 1 aromatic rings. The molecule has 0 saturated carbocycles. The van der Waals surface area contributed by atoms with Crippen LogP contribution in [-0.4, -0.2) is 11.9 Å². The minimum atomic E-state index is -0.227. The topological polar surface area (TPSA) is 55.1 Å². The van der Waals surface area contributed by atoms with E-state index in [4.69, 9.17) is 5.73 Å². The van der Waals surface area contributed by atoms with Gasteiger partial charge in [0, 0.05) is 15.0 Å². The van der Waals surface area contributed by atoms with E-state index in [0.29, 0.717) is 0 Å². The number of nitrogens with two attached hydrogens (primary N) is 1. The van der Waals surface area contributed by atoms with E-state index in [1.807, 2.05) is 32.9 Å². The van der Waals surface area contributed by atoms with E-state index in [0.717, 1.165) is 20.2 Å². The van der Waals surface area contributed by atoms with Crippen LogP contribution in [0.15, 0.2) is 21.1 Å². The molecule has 1 rings (SSSR count). The van der Waals surface area contributed by atoms with Gasteiger partial charge in [0.25, 0.3) is 0 Å². The fourth-order valence-corrected chi connectivity index (χ4v) is 2.91. The Morgan fingerprint density at radius 3 is 2.18 bits per heavy atom. The molecule has 3 N–H and O–H groups in total. The number of nitrogens with one attached hydrogen (secondary N) is 1. The van der Waals surface area contributed by atoms with Gasteiger partial charge in [0.1, 0.15) is 0 Å². The molecule has 2 unspecified atom stereocenters. The molecule has 0 spiro atoms. The van der Waals surface area contributed by atoms with Gasteiger partial charge >= 0.3 is 0 Å². The summed E-state index contributed by atoms with van der Waals surface area (Å²) in [5.74, 6) is -0.305. The highest BCUT2D eigenvalue weighted by Crippen LogP contribution is 2.32. The van der Waals surface area contributed by atoms with E-state index in [9.17, 15) is 4.79 Å². The van der Waals surface area contributed by atoms with Crippen molar-refractivity contribution < 1.29 is 4.79 Å². The molecule has 0 fully saturated rings. The Morgan fingerprint density at radius 1 is 1.29 bits per heavy atom. The number of rotatable bonds is 3. The molecule has 0 radical (unpaired) electrons. The summed E-state index contributed by atoms with van der Waals surface area (Å²) in [7, 11) is 0. The van der Waals surface area contributed by atoms with Crippen molar-refractivity contribution in [1.29, 1.82) is 0 Å². The van der Waals surface area contributed by atoms with E-state index in [1.165, 1.54) is 0 Å². The van der Waals surface area contributed by atoms with Gasteiger partial charge in [-0.05, 0) is 63.4 Å². The molecule has 1 aromatic carbocycles. The molecule has 94 valence electrons. The molecule has 0 heterocycles. The van der Waals surface area contributed by atoms with Crippen LogP contribution in [0, 0.1) is 12.8 Å². The fourth-order valence-electron chi connectivity index (χ4n) is 1.30. The highest BCUT2D eigenvalue weighted by atomic mass is 79.9. The maximum absolute atomic E-state index is 11.9. The third-order valence-electron chi connectivity index (χ3n) is 2.64. The van der Waals surface area contributed by atoms with Crippen LogP contribution < -0.4 is 11.1 Å². The number of benzene rings is 1. The quantitative estimate of drug-likeness (QED) is 0.864. The third kappa shape index (κ3) is 3.79. The van der Waals surface area contributed by atoms with Crippen molar-refractivity contribution >= 4 is 43.5 Å². The molecule has 0 saturated heterocycles. The summed E-state index contributed by atoms with van der Waals surface area (Å²) in [5.41, 5.74) is 7.56. The molecule has 1 amide bonds. The molecule has 5 heteroatoms. The van der Waals surface area contributed by atoms with Crippen LogP contribution in [0.3, 0.4) is 0 Å². The molecule has 2 atom stereocenters. The van der Waals surface area contributed by atoms with Gasteiger partial charge in [-0.15, -0.1) is 0 Å². The van der Waals surface area contributed by atoms with Crippen molar-refractivity contribution in [1.82, 2.24) is 0 Å². The minimum absolute atomic E-state index is 0.0785. The molecule has 0 aliphatic carbocycles. The van der Waals surface area contributed by atoms with Gasteiger partial charge in [-0.3, -0.25) is 4.79 Å². The number of anilines is 1. The maximum atomic E-state index is 11.9. The highest BCUT2D eigenvalue weighted by molar-refractivity contribution is 9.11. The Labute approximate surface area is 118 Å². The Balaban J connectivity index is 2.93. The summed E-state index contributed by atoms with van der Waals surface area (Å²) < 4.78 is 1.71. The molecule has 0 aliphatic heterocycles. The van der Waals surface area contributed by atoms with Gasteiger partial charge in [-0.25, -0.2) is 0 Å². The first-order valence-electron chi connectivity index (χ1n) is 5.35. The summed E-state index contributed by atoms with van der Waals surface area (Å²) in [6.45, 7) is 5.63. The van der Waals surface area contributed by atoms with Crippen LogP contribution in [0.1, 0.15) is 19.4 Å². The van der Waals surface area contributed by atoms with Crippen LogP contribution in [-0.2, 0) is 4.79 Å². The predicted octanol–water partition coefficient (Wildman–Crippen LogP) is 3.44. The van der Waals surface area contributed by atoms with Gasteiger partial charge in [-0.2, -0.15) is 0 Å². The second-order valence-electron chi connectivity index (χ2n) is 4.24. The van der Waals surface area contributed by atoms with Gasteiger partial charge in [0.2, 0.25) is 5.91 Å². The summed E-state index contributed by atoms with van der Waals surface area (Å²) in [6, 6.07) is 3.74. The second kappa shape index (κ2) is 5.98. The predicted molar refractivity (Wildman–Crippen MR) is 78.0 cm³/mol. The zero-order chi connectivity index (χ0) is 13.2. The lowest BCUT2D eigenvalue weighted by Gasteiger charge is -2.17. The molecule has 3 nitrogen and oxygen atoms in total. The van der Waals surface area contributed by atoms with Crippen LogP contribution in [0.5, 0.6) is 0 Å². The van der Waals surface area contributed by atoms with Gasteiger partial charge < -0.3 is 11.1 Å². The molecular weight excluding hydrogens is 348 g/mol. The van der Waals surface area contributed by atoms with Gasteiger partial charge in [0.15, 0.2) is 0 Å². The lowest BCUT2D eigenvalue weighted by Crippen LogP contribution is -2.34. The summed E-state index contributed by atoms with van der Waals surface area (Å²) in [5, 5.41) is 2.87. The van der Waals surface area contributed by atoms with Gasteiger partial charge in [0.05, 0.1) is 11.6 Å². The summed E-state index contributed by atoms with van der Waals surface area (Å²) in [4.78, 5) is 11.9. The fraction of sp³-hybridized carbons (Fsp3) is 0.417. The zero-order valence-corrected chi connectivity index (χ0v) is 13.2. The van der Waals surface area contributed by atoms with Crippen LogP contribution in [0.4, 0.5) is 5.69 Å². The third-order valence-corrected chi connectivity index (χ3v) is 3.89. The van der Waals surface area contributed by atoms with E-state index in [-0.39, 0.29) is 17.9 Å². The standard InChI is InChI=1S/C12H16Br2N2O/c1-6-4-9(13)11(10(14)5-6)16-12(17)7(2)8(3)15/h4-5,7-8H,15H2,1-3H3,(H,16,17). The van der Waals surface area contributed by atoms with Crippen molar-refractivity contribution in [2.24, 2.45) is 11.7 Å². The van der Waals surface area contributed by atoms with Crippen molar-refractivity contribution in [2.75, 3.05) is 5.32 Å². The van der Waals surface area contributed by atoms with Crippen LogP contribution >= 0.6 is 31.9 Å². The number of aryl methyl sites for hydroxylation is 1. The average Bonchev–Trinajstić information content (AvgIpc) is 2.21. The number of amides is 1. The Hall–Kier alpha value is -0.390. The van der Waals surface area contributed by atoms with Crippen molar-refractivity contribution in [3.63, 3.8) is 0 Å². The lowest BCUT2D eigenvalue weighted by atomic mass is 10.0. The van der Waals surface area contributed by atoms with Crippen LogP contribution in [0.2, 0.25) is 0 Å². The van der Waals surface area contributed by atoms with E-state index < -0.39 is 0 Å². The number of hydrogen-bond donors (Lipinski definition) is 2. The number of halogens is 2. The number of carbonyl (C=O) groups excluding carboxylic acids is 1. The zero-order valence-electron chi connectivity index (χ0n) is 10.1. The van der Waals surface area contributed by atoms with E-state index in [1.54, 1.807) is 0 Å². The van der Waals surface area contributed by atoms with Crippen molar-refractivity contribution in [3.8, 4) is 0 Å². The molecule has 0 aliphatic rings. The largest absolute Gasteiger partial charge is 0.327 e. The number of carbonyl (C=O) groups is 1.